The van der Waals surface area contributed by atoms with Crippen LogP contribution in [0.1, 0.15) is 30.0 Å². The Morgan fingerprint density at radius 2 is 2.31 bits per heavy atom. The molecular weight excluding hydrogens is 222 g/mol. The number of rotatable bonds is 4. The quantitative estimate of drug-likeness (QED) is 0.809. The molecule has 0 N–H and O–H groups in total. The Morgan fingerprint density at radius 3 is 2.94 bits per heavy atom. The van der Waals surface area contributed by atoms with Gasteiger partial charge in [-0.3, -0.25) is 4.79 Å². The lowest BCUT2D eigenvalue weighted by atomic mass is 9.93. The standard InChI is InChI=1S/C12H17NO2S/c1-9-8-16-12(13-9)7-11(14)6-10-2-4-15-5-3-10/h8,10H,2-7H2,1H3. The summed E-state index contributed by atoms with van der Waals surface area (Å²) in [4.78, 5) is 16.1. The molecule has 2 rings (SSSR count). The van der Waals surface area contributed by atoms with Gasteiger partial charge in [-0.25, -0.2) is 4.98 Å². The highest BCUT2D eigenvalue weighted by Gasteiger charge is 2.18. The molecule has 1 aliphatic heterocycles. The first kappa shape index (κ1) is 11.7. The molecule has 0 saturated carbocycles. The Kier molecular flexibility index (Phi) is 4.07. The van der Waals surface area contributed by atoms with Crippen molar-refractivity contribution in [3.05, 3.63) is 16.1 Å². The van der Waals surface area contributed by atoms with Crippen LogP contribution in [0.2, 0.25) is 0 Å². The molecule has 0 bridgehead atoms. The number of Topliss-reactive ketones (excluding diaryl/α,β-unsaturated/α-hetero) is 1. The molecule has 1 aromatic heterocycles. The average molecular weight is 239 g/mol. The average Bonchev–Trinajstić information content (AvgIpc) is 2.65. The van der Waals surface area contributed by atoms with Crippen molar-refractivity contribution in [2.75, 3.05) is 13.2 Å². The van der Waals surface area contributed by atoms with Crippen LogP contribution in [0.25, 0.3) is 0 Å². The highest BCUT2D eigenvalue weighted by atomic mass is 32.1. The molecule has 0 amide bonds. The zero-order chi connectivity index (χ0) is 11.4. The summed E-state index contributed by atoms with van der Waals surface area (Å²) in [6.45, 7) is 3.59. The van der Waals surface area contributed by atoms with E-state index in [4.69, 9.17) is 4.74 Å². The van der Waals surface area contributed by atoms with E-state index in [1.54, 1.807) is 11.3 Å². The lowest BCUT2D eigenvalue weighted by Gasteiger charge is -2.20. The van der Waals surface area contributed by atoms with Crippen molar-refractivity contribution in [2.45, 2.75) is 32.6 Å². The second-order valence-electron chi connectivity index (χ2n) is 4.36. The molecular formula is C12H17NO2S. The summed E-state index contributed by atoms with van der Waals surface area (Å²) in [5, 5.41) is 2.95. The molecule has 0 aromatic carbocycles. The van der Waals surface area contributed by atoms with Gasteiger partial charge < -0.3 is 4.74 Å². The maximum absolute atomic E-state index is 11.8. The molecule has 0 spiro atoms. The topological polar surface area (TPSA) is 39.2 Å². The van der Waals surface area contributed by atoms with Crippen LogP contribution in [-0.2, 0) is 16.0 Å². The fourth-order valence-electron chi connectivity index (χ4n) is 2.00. The summed E-state index contributed by atoms with van der Waals surface area (Å²) in [7, 11) is 0. The molecule has 1 saturated heterocycles. The molecule has 0 unspecified atom stereocenters. The molecule has 3 nitrogen and oxygen atoms in total. The van der Waals surface area contributed by atoms with Gasteiger partial charge in [0.1, 0.15) is 10.8 Å². The Bertz CT molecular complexity index is 356. The number of nitrogens with zero attached hydrogens (tertiary/aromatic N) is 1. The largest absolute Gasteiger partial charge is 0.381 e. The number of carbonyl (C=O) groups is 1. The molecule has 1 fully saturated rings. The van der Waals surface area contributed by atoms with E-state index in [0.717, 1.165) is 36.8 Å². The molecule has 1 aromatic rings. The molecule has 1 aliphatic rings. The van der Waals surface area contributed by atoms with Gasteiger partial charge in [-0.1, -0.05) is 0 Å². The predicted molar refractivity (Wildman–Crippen MR) is 63.7 cm³/mol. The molecule has 88 valence electrons. The SMILES string of the molecule is Cc1csc(CC(=O)CC2CCOCC2)n1. The number of hydrogen-bond acceptors (Lipinski definition) is 4. The van der Waals surface area contributed by atoms with Crippen molar-refractivity contribution in [3.8, 4) is 0 Å². The smallest absolute Gasteiger partial charge is 0.139 e. The van der Waals surface area contributed by atoms with Gasteiger partial charge >= 0.3 is 0 Å². The summed E-state index contributed by atoms with van der Waals surface area (Å²) in [6.07, 6.45) is 3.27. The number of ether oxygens (including phenoxy) is 1. The third-order valence-electron chi connectivity index (χ3n) is 2.87. The van der Waals surface area contributed by atoms with Gasteiger partial charge in [-0.05, 0) is 25.7 Å². The zero-order valence-corrected chi connectivity index (χ0v) is 10.4. The Hall–Kier alpha value is -0.740. The van der Waals surface area contributed by atoms with Gasteiger partial charge in [0.25, 0.3) is 0 Å². The van der Waals surface area contributed by atoms with Gasteiger partial charge in [0.05, 0.1) is 6.42 Å². The third kappa shape index (κ3) is 3.39. The van der Waals surface area contributed by atoms with Crippen molar-refractivity contribution in [1.29, 1.82) is 0 Å². The van der Waals surface area contributed by atoms with E-state index < -0.39 is 0 Å². The number of hydrogen-bond donors (Lipinski definition) is 0. The van der Waals surface area contributed by atoms with E-state index in [2.05, 4.69) is 4.98 Å². The number of aryl methyl sites for hydroxylation is 1. The lowest BCUT2D eigenvalue weighted by molar-refractivity contribution is -0.120. The van der Waals surface area contributed by atoms with E-state index in [-0.39, 0.29) is 0 Å². The lowest BCUT2D eigenvalue weighted by Crippen LogP contribution is -2.19. The maximum Gasteiger partial charge on any atom is 0.139 e. The summed E-state index contributed by atoms with van der Waals surface area (Å²) in [5.41, 5.74) is 1.01. The van der Waals surface area contributed by atoms with Crippen LogP contribution in [0.15, 0.2) is 5.38 Å². The summed E-state index contributed by atoms with van der Waals surface area (Å²) < 4.78 is 5.28. The van der Waals surface area contributed by atoms with Crippen molar-refractivity contribution in [3.63, 3.8) is 0 Å². The minimum Gasteiger partial charge on any atom is -0.381 e. The van der Waals surface area contributed by atoms with Gasteiger partial charge in [0.15, 0.2) is 0 Å². The number of thiazole rings is 1. The molecule has 0 atom stereocenters. The third-order valence-corrected chi connectivity index (χ3v) is 3.84. The minimum absolute atomic E-state index is 0.321. The van der Waals surface area contributed by atoms with Crippen LogP contribution in [0, 0.1) is 12.8 Å². The first-order valence-corrected chi connectivity index (χ1v) is 6.62. The summed E-state index contributed by atoms with van der Waals surface area (Å²) >= 11 is 1.58. The van der Waals surface area contributed by atoms with E-state index in [1.165, 1.54) is 0 Å². The van der Waals surface area contributed by atoms with Gasteiger partial charge in [-0.2, -0.15) is 0 Å². The fourth-order valence-corrected chi connectivity index (χ4v) is 2.80. The van der Waals surface area contributed by atoms with Crippen molar-refractivity contribution in [1.82, 2.24) is 4.98 Å². The second kappa shape index (κ2) is 5.55. The van der Waals surface area contributed by atoms with Gasteiger partial charge in [-0.15, -0.1) is 11.3 Å². The van der Waals surface area contributed by atoms with Crippen molar-refractivity contribution in [2.24, 2.45) is 5.92 Å². The second-order valence-corrected chi connectivity index (χ2v) is 5.30. The van der Waals surface area contributed by atoms with Crippen LogP contribution in [0.3, 0.4) is 0 Å². The summed E-state index contributed by atoms with van der Waals surface area (Å²) in [5.74, 6) is 0.851. The first-order chi connectivity index (χ1) is 7.74. The number of carbonyl (C=O) groups excluding carboxylic acids is 1. The van der Waals surface area contributed by atoms with Crippen molar-refractivity contribution >= 4 is 17.1 Å². The molecule has 4 heteroatoms. The Labute approximate surface area is 99.8 Å². The highest BCUT2D eigenvalue weighted by molar-refractivity contribution is 7.09. The number of aromatic nitrogens is 1. The van der Waals surface area contributed by atoms with Crippen LogP contribution >= 0.6 is 11.3 Å². The fraction of sp³-hybridized carbons (Fsp3) is 0.667. The van der Waals surface area contributed by atoms with E-state index in [9.17, 15) is 4.79 Å². The monoisotopic (exact) mass is 239 g/mol. The van der Waals surface area contributed by atoms with Crippen LogP contribution in [0.4, 0.5) is 0 Å². The van der Waals surface area contributed by atoms with E-state index >= 15 is 0 Å². The minimum atomic E-state index is 0.321. The Balaban J connectivity index is 1.79. The first-order valence-electron chi connectivity index (χ1n) is 5.74. The van der Waals surface area contributed by atoms with Gasteiger partial charge in [0.2, 0.25) is 0 Å². The summed E-state index contributed by atoms with van der Waals surface area (Å²) in [6, 6.07) is 0. The predicted octanol–water partition coefficient (Wildman–Crippen LogP) is 2.38. The van der Waals surface area contributed by atoms with Gasteiger partial charge in [0, 0.05) is 30.7 Å². The molecule has 0 radical (unpaired) electrons. The molecule has 0 aliphatic carbocycles. The molecule has 2 heterocycles. The van der Waals surface area contributed by atoms with Crippen molar-refractivity contribution < 1.29 is 9.53 Å². The Morgan fingerprint density at radius 1 is 1.56 bits per heavy atom. The van der Waals surface area contributed by atoms with Crippen LogP contribution < -0.4 is 0 Å². The van der Waals surface area contributed by atoms with E-state index in [0.29, 0.717) is 24.5 Å². The van der Waals surface area contributed by atoms with Crippen LogP contribution in [0.5, 0.6) is 0 Å². The van der Waals surface area contributed by atoms with Crippen LogP contribution in [-0.4, -0.2) is 24.0 Å². The normalized spacial score (nSPS) is 17.6. The highest BCUT2D eigenvalue weighted by Crippen LogP contribution is 2.20. The maximum atomic E-state index is 11.8. The number of ketones is 1. The zero-order valence-electron chi connectivity index (χ0n) is 9.57. The molecule has 16 heavy (non-hydrogen) atoms. The van der Waals surface area contributed by atoms with E-state index in [1.807, 2.05) is 12.3 Å².